The number of halogens is 1. The van der Waals surface area contributed by atoms with Gasteiger partial charge in [0.2, 0.25) is 5.28 Å². The normalized spacial score (nSPS) is 10.7. The topological polar surface area (TPSA) is 44.1 Å². The number of carbonyl (C=O) groups excluding carboxylic acids is 1. The van der Waals surface area contributed by atoms with Gasteiger partial charge in [-0.3, -0.25) is 9.36 Å². The Labute approximate surface area is 120 Å². The van der Waals surface area contributed by atoms with Crippen LogP contribution in [0.15, 0.2) is 42.5 Å². The molecule has 0 aliphatic heterocycles. The van der Waals surface area contributed by atoms with Crippen LogP contribution in [-0.2, 0) is 0 Å². The average molecular weight is 287 g/mol. The van der Waals surface area contributed by atoms with Crippen LogP contribution >= 0.6 is 11.6 Å². The fraction of sp³-hybridized carbons (Fsp3) is 0.0667. The second-order valence-corrected chi connectivity index (χ2v) is 4.62. The summed E-state index contributed by atoms with van der Waals surface area (Å²) in [6.07, 6.45) is 0.806. The summed E-state index contributed by atoms with van der Waals surface area (Å²) in [4.78, 5) is 15.0. The molecule has 0 saturated carbocycles. The zero-order chi connectivity index (χ0) is 14.1. The van der Waals surface area contributed by atoms with Crippen LogP contribution in [0.1, 0.15) is 10.4 Å². The van der Waals surface area contributed by atoms with Crippen molar-refractivity contribution >= 4 is 28.9 Å². The quantitative estimate of drug-likeness (QED) is 0.692. The first kappa shape index (κ1) is 12.7. The highest BCUT2D eigenvalue weighted by atomic mass is 35.5. The fourth-order valence-electron chi connectivity index (χ4n) is 2.10. The molecule has 1 heterocycles. The van der Waals surface area contributed by atoms with E-state index >= 15 is 0 Å². The summed E-state index contributed by atoms with van der Waals surface area (Å²) in [5, 5.41) is 0.368. The summed E-state index contributed by atoms with van der Waals surface area (Å²) in [5.74, 6) is 0.736. The summed E-state index contributed by atoms with van der Waals surface area (Å²) in [6, 6.07) is 12.7. The van der Waals surface area contributed by atoms with E-state index in [-0.39, 0.29) is 0 Å². The summed E-state index contributed by atoms with van der Waals surface area (Å²) in [5.41, 5.74) is 3.10. The van der Waals surface area contributed by atoms with E-state index in [2.05, 4.69) is 4.98 Å². The number of benzene rings is 2. The van der Waals surface area contributed by atoms with Crippen molar-refractivity contribution in [1.29, 1.82) is 0 Å². The van der Waals surface area contributed by atoms with Gasteiger partial charge in [-0.25, -0.2) is 4.98 Å². The number of ether oxygens (including phenoxy) is 1. The van der Waals surface area contributed by atoms with E-state index in [4.69, 9.17) is 16.3 Å². The van der Waals surface area contributed by atoms with Gasteiger partial charge in [-0.2, -0.15) is 0 Å². The van der Waals surface area contributed by atoms with Gasteiger partial charge in [0.15, 0.2) is 0 Å². The lowest BCUT2D eigenvalue weighted by Gasteiger charge is -2.07. The molecule has 1 aromatic heterocycles. The largest absolute Gasteiger partial charge is 0.497 e. The van der Waals surface area contributed by atoms with Crippen molar-refractivity contribution in [2.75, 3.05) is 7.11 Å². The maximum atomic E-state index is 10.7. The zero-order valence-corrected chi connectivity index (χ0v) is 11.5. The van der Waals surface area contributed by atoms with Gasteiger partial charge in [-0.15, -0.1) is 0 Å². The minimum absolute atomic E-state index is 0.368. The van der Waals surface area contributed by atoms with Crippen molar-refractivity contribution in [3.63, 3.8) is 0 Å². The highest BCUT2D eigenvalue weighted by Gasteiger charge is 2.11. The number of carbonyl (C=O) groups is 1. The van der Waals surface area contributed by atoms with E-state index in [0.717, 1.165) is 28.8 Å². The monoisotopic (exact) mass is 286 g/mol. The Kier molecular flexibility index (Phi) is 3.16. The molecule has 20 heavy (non-hydrogen) atoms. The van der Waals surface area contributed by atoms with Crippen molar-refractivity contribution in [2.24, 2.45) is 0 Å². The predicted octanol–water partition coefficient (Wildman–Crippen LogP) is 3.50. The molecule has 2 aromatic carbocycles. The number of rotatable bonds is 3. The summed E-state index contributed by atoms with van der Waals surface area (Å²) in [6.45, 7) is 0. The van der Waals surface area contributed by atoms with Crippen molar-refractivity contribution < 1.29 is 9.53 Å². The van der Waals surface area contributed by atoms with E-state index < -0.39 is 0 Å². The number of methoxy groups -OCH3 is 1. The van der Waals surface area contributed by atoms with Gasteiger partial charge in [0, 0.05) is 17.3 Å². The summed E-state index contributed by atoms with van der Waals surface area (Å²) >= 11 is 6.21. The molecule has 0 radical (unpaired) electrons. The molecular weight excluding hydrogens is 276 g/mol. The van der Waals surface area contributed by atoms with E-state index in [1.54, 1.807) is 19.2 Å². The molecule has 0 amide bonds. The number of aldehydes is 1. The Balaban J connectivity index is 2.22. The third kappa shape index (κ3) is 2.04. The molecule has 3 rings (SSSR count). The van der Waals surface area contributed by atoms with Gasteiger partial charge in [0.05, 0.1) is 18.1 Å². The molecule has 0 aliphatic carbocycles. The zero-order valence-electron chi connectivity index (χ0n) is 10.7. The number of imidazole rings is 1. The van der Waals surface area contributed by atoms with Gasteiger partial charge in [0.25, 0.3) is 0 Å². The molecule has 0 saturated heterocycles. The summed E-state index contributed by atoms with van der Waals surface area (Å²) < 4.78 is 7.04. The van der Waals surface area contributed by atoms with Crippen LogP contribution in [0.3, 0.4) is 0 Å². The lowest BCUT2D eigenvalue weighted by atomic mass is 10.2. The van der Waals surface area contributed by atoms with Crippen molar-refractivity contribution in [3.8, 4) is 11.4 Å². The van der Waals surface area contributed by atoms with Crippen molar-refractivity contribution in [3.05, 3.63) is 53.3 Å². The van der Waals surface area contributed by atoms with Crippen LogP contribution in [-0.4, -0.2) is 22.9 Å². The maximum Gasteiger partial charge on any atom is 0.208 e. The number of hydrogen-bond acceptors (Lipinski definition) is 3. The van der Waals surface area contributed by atoms with Gasteiger partial charge < -0.3 is 4.74 Å². The minimum atomic E-state index is 0.368. The molecule has 100 valence electrons. The van der Waals surface area contributed by atoms with E-state index in [9.17, 15) is 4.79 Å². The van der Waals surface area contributed by atoms with Gasteiger partial charge >= 0.3 is 0 Å². The predicted molar refractivity (Wildman–Crippen MR) is 78.0 cm³/mol. The Morgan fingerprint density at radius 1 is 1.20 bits per heavy atom. The van der Waals surface area contributed by atoms with Crippen LogP contribution in [0.25, 0.3) is 16.7 Å². The number of fused-ring (bicyclic) bond motifs is 1. The smallest absolute Gasteiger partial charge is 0.208 e. The SMILES string of the molecule is COc1ccc2nc(Cl)n(-c3ccc(C=O)cc3)c2c1. The molecule has 0 N–H and O–H groups in total. The third-order valence-electron chi connectivity index (χ3n) is 3.11. The molecule has 0 atom stereocenters. The Morgan fingerprint density at radius 3 is 2.60 bits per heavy atom. The lowest BCUT2D eigenvalue weighted by molar-refractivity contribution is 0.112. The summed E-state index contributed by atoms with van der Waals surface area (Å²) in [7, 11) is 1.61. The van der Waals surface area contributed by atoms with E-state index in [1.165, 1.54) is 0 Å². The number of aromatic nitrogens is 2. The number of hydrogen-bond donors (Lipinski definition) is 0. The van der Waals surface area contributed by atoms with Gasteiger partial charge in [0.1, 0.15) is 12.0 Å². The maximum absolute atomic E-state index is 10.7. The number of nitrogens with zero attached hydrogens (tertiary/aromatic N) is 2. The lowest BCUT2D eigenvalue weighted by Crippen LogP contribution is -1.95. The average Bonchev–Trinajstić information content (AvgIpc) is 2.82. The highest BCUT2D eigenvalue weighted by molar-refractivity contribution is 6.29. The fourth-order valence-corrected chi connectivity index (χ4v) is 2.38. The molecule has 0 aliphatic rings. The minimum Gasteiger partial charge on any atom is -0.497 e. The highest BCUT2D eigenvalue weighted by Crippen LogP contribution is 2.27. The van der Waals surface area contributed by atoms with Gasteiger partial charge in [-0.1, -0.05) is 0 Å². The molecule has 5 heteroatoms. The van der Waals surface area contributed by atoms with Crippen molar-refractivity contribution in [2.45, 2.75) is 0 Å². The van der Waals surface area contributed by atoms with Crippen LogP contribution < -0.4 is 4.74 Å². The molecule has 0 bridgehead atoms. The van der Waals surface area contributed by atoms with Crippen LogP contribution in [0.4, 0.5) is 0 Å². The molecule has 4 nitrogen and oxygen atoms in total. The van der Waals surface area contributed by atoms with Crippen LogP contribution in [0.2, 0.25) is 5.28 Å². The first-order valence-electron chi connectivity index (χ1n) is 6.00. The van der Waals surface area contributed by atoms with Crippen LogP contribution in [0.5, 0.6) is 5.75 Å². The third-order valence-corrected chi connectivity index (χ3v) is 3.36. The molecule has 0 fully saturated rings. The second-order valence-electron chi connectivity index (χ2n) is 4.28. The van der Waals surface area contributed by atoms with Crippen LogP contribution in [0, 0.1) is 0 Å². The Hall–Kier alpha value is -2.33. The van der Waals surface area contributed by atoms with Gasteiger partial charge in [-0.05, 0) is 48.0 Å². The first-order valence-corrected chi connectivity index (χ1v) is 6.38. The van der Waals surface area contributed by atoms with E-state index in [1.807, 2.05) is 34.9 Å². The van der Waals surface area contributed by atoms with E-state index in [0.29, 0.717) is 10.8 Å². The second kappa shape index (κ2) is 4.98. The molecular formula is C15H11ClN2O2. The molecule has 0 unspecified atom stereocenters. The standard InChI is InChI=1S/C15H11ClN2O2/c1-20-12-6-7-13-14(8-12)18(15(16)17-13)11-4-2-10(9-19)3-5-11/h2-9H,1H3. The molecule has 3 aromatic rings. The van der Waals surface area contributed by atoms with Crippen molar-refractivity contribution in [1.82, 2.24) is 9.55 Å². The Bertz CT molecular complexity index is 778. The first-order chi connectivity index (χ1) is 9.72. The molecule has 0 spiro atoms. The Morgan fingerprint density at radius 2 is 1.95 bits per heavy atom.